The molecule has 0 aromatic carbocycles. The number of hydrogen-bond donors (Lipinski definition) is 0. The number of fused-ring (bicyclic) bond motifs is 1. The molecular formula is C9H16. The van der Waals surface area contributed by atoms with Gasteiger partial charge in [0.2, 0.25) is 0 Å². The minimum absolute atomic E-state index is 1.22. The second-order valence-corrected chi connectivity index (χ2v) is 3.72. The van der Waals surface area contributed by atoms with Gasteiger partial charge in [0.15, 0.2) is 0 Å². The zero-order chi connectivity index (χ0) is 6.27. The Balaban J connectivity index is 1.49. The summed E-state index contributed by atoms with van der Waals surface area (Å²) in [5.41, 5.74) is 0. The largest absolute Gasteiger partial charge is 0.0654 e. The van der Waals surface area contributed by atoms with Crippen molar-refractivity contribution in [3.8, 4) is 0 Å². The molecule has 0 radical (unpaired) electrons. The van der Waals surface area contributed by atoms with Crippen molar-refractivity contribution >= 4 is 0 Å². The first-order valence-corrected chi connectivity index (χ1v) is 4.43. The highest BCUT2D eigenvalue weighted by Crippen LogP contribution is 2.69. The molecule has 0 bridgehead atoms. The first kappa shape index (κ1) is 5.76. The van der Waals surface area contributed by atoms with E-state index in [0.29, 0.717) is 0 Å². The molecule has 9 heavy (non-hydrogen) atoms. The zero-order valence-corrected chi connectivity index (χ0v) is 6.27. The Bertz CT molecular complexity index is 98.6. The second kappa shape index (κ2) is 2.00. The predicted molar refractivity (Wildman–Crippen MR) is 39.2 cm³/mol. The fraction of sp³-hybridized carbons (Fsp3) is 1.00. The molecule has 2 aliphatic rings. The van der Waals surface area contributed by atoms with Crippen LogP contribution in [0.4, 0.5) is 0 Å². The summed E-state index contributed by atoms with van der Waals surface area (Å²) in [5, 5.41) is 0. The lowest BCUT2D eigenvalue weighted by atomic mass is 10.1. The molecule has 2 saturated carbocycles. The molecule has 0 N–H and O–H groups in total. The molecule has 0 saturated heterocycles. The smallest absolute Gasteiger partial charge is 0.0349 e. The Labute approximate surface area is 57.6 Å². The van der Waals surface area contributed by atoms with Gasteiger partial charge in [-0.2, -0.15) is 0 Å². The number of unbranched alkanes of at least 4 members (excludes halogenated alkanes) is 2. The minimum atomic E-state index is 1.22. The normalized spacial score (nSPS) is 44.3. The first-order valence-electron chi connectivity index (χ1n) is 4.43. The third-order valence-corrected chi connectivity index (χ3v) is 2.99. The van der Waals surface area contributed by atoms with Gasteiger partial charge in [0.1, 0.15) is 0 Å². The van der Waals surface area contributed by atoms with Crippen molar-refractivity contribution in [2.24, 2.45) is 17.8 Å². The fourth-order valence-corrected chi connectivity index (χ4v) is 1.97. The van der Waals surface area contributed by atoms with Crippen LogP contribution in [0.2, 0.25) is 0 Å². The summed E-state index contributed by atoms with van der Waals surface area (Å²) in [6.45, 7) is 2.29. The van der Waals surface area contributed by atoms with E-state index in [9.17, 15) is 0 Å². The van der Waals surface area contributed by atoms with Crippen molar-refractivity contribution < 1.29 is 0 Å². The van der Waals surface area contributed by atoms with Crippen molar-refractivity contribution in [2.45, 2.75) is 39.0 Å². The monoisotopic (exact) mass is 124 g/mol. The van der Waals surface area contributed by atoms with Crippen LogP contribution in [0.15, 0.2) is 0 Å². The number of rotatable bonds is 4. The van der Waals surface area contributed by atoms with E-state index in [2.05, 4.69) is 6.92 Å². The van der Waals surface area contributed by atoms with Gasteiger partial charge < -0.3 is 0 Å². The average molecular weight is 124 g/mol. The Morgan fingerprint density at radius 2 is 2.00 bits per heavy atom. The maximum atomic E-state index is 2.29. The van der Waals surface area contributed by atoms with Crippen LogP contribution in [0.1, 0.15) is 39.0 Å². The maximum absolute atomic E-state index is 2.29. The molecule has 2 rings (SSSR count). The van der Waals surface area contributed by atoms with Crippen molar-refractivity contribution in [1.29, 1.82) is 0 Å². The van der Waals surface area contributed by atoms with Crippen molar-refractivity contribution in [2.75, 3.05) is 0 Å². The third-order valence-electron chi connectivity index (χ3n) is 2.99. The lowest BCUT2D eigenvalue weighted by Gasteiger charge is -2.00. The summed E-state index contributed by atoms with van der Waals surface area (Å²) >= 11 is 0. The average Bonchev–Trinajstić information content (AvgIpc) is 2.64. The van der Waals surface area contributed by atoms with Gasteiger partial charge in [-0.3, -0.25) is 0 Å². The van der Waals surface area contributed by atoms with Crippen LogP contribution in [-0.4, -0.2) is 0 Å². The van der Waals surface area contributed by atoms with Crippen LogP contribution in [-0.2, 0) is 0 Å². The van der Waals surface area contributed by atoms with Gasteiger partial charge in [-0.15, -0.1) is 0 Å². The highest BCUT2D eigenvalue weighted by atomic mass is 14.7. The van der Waals surface area contributed by atoms with Gasteiger partial charge in [0.05, 0.1) is 0 Å². The van der Waals surface area contributed by atoms with Gasteiger partial charge >= 0.3 is 0 Å². The molecule has 0 heteroatoms. The van der Waals surface area contributed by atoms with Gasteiger partial charge in [-0.1, -0.05) is 26.2 Å². The molecule has 2 aliphatic carbocycles. The van der Waals surface area contributed by atoms with Gasteiger partial charge in [-0.05, 0) is 30.6 Å². The van der Waals surface area contributed by atoms with E-state index in [1.165, 1.54) is 37.0 Å². The molecule has 0 aliphatic heterocycles. The summed E-state index contributed by atoms with van der Waals surface area (Å²) in [4.78, 5) is 0. The molecule has 0 amide bonds. The van der Waals surface area contributed by atoms with Crippen LogP contribution in [0.25, 0.3) is 0 Å². The topological polar surface area (TPSA) is 0 Å². The van der Waals surface area contributed by atoms with Crippen molar-refractivity contribution in [3.05, 3.63) is 0 Å². The van der Waals surface area contributed by atoms with Gasteiger partial charge in [-0.25, -0.2) is 0 Å². The summed E-state index contributed by atoms with van der Waals surface area (Å²) in [6, 6.07) is 0. The Morgan fingerprint density at radius 1 is 1.22 bits per heavy atom. The Morgan fingerprint density at radius 3 is 2.44 bits per heavy atom. The second-order valence-electron chi connectivity index (χ2n) is 3.72. The fourth-order valence-electron chi connectivity index (χ4n) is 1.97. The van der Waals surface area contributed by atoms with Crippen LogP contribution in [0.3, 0.4) is 0 Å². The Kier molecular flexibility index (Phi) is 1.28. The molecule has 0 heterocycles. The Hall–Kier alpha value is 0. The van der Waals surface area contributed by atoms with Crippen LogP contribution < -0.4 is 0 Å². The van der Waals surface area contributed by atoms with Gasteiger partial charge in [0.25, 0.3) is 0 Å². The lowest BCUT2D eigenvalue weighted by Crippen LogP contribution is -1.87. The lowest BCUT2D eigenvalue weighted by molar-refractivity contribution is 0.522. The predicted octanol–water partition coefficient (Wildman–Crippen LogP) is 2.83. The van der Waals surface area contributed by atoms with E-state index in [1.807, 2.05) is 0 Å². The maximum Gasteiger partial charge on any atom is -0.0349 e. The van der Waals surface area contributed by atoms with Crippen molar-refractivity contribution in [1.82, 2.24) is 0 Å². The van der Waals surface area contributed by atoms with E-state index in [1.54, 1.807) is 12.8 Å². The third kappa shape index (κ3) is 0.997. The standard InChI is InChI=1S/C9H16/c1-2-3-4-5-7-8-6-9(7)8/h7-9H,2-6H2,1H3. The zero-order valence-electron chi connectivity index (χ0n) is 6.27. The minimum Gasteiger partial charge on any atom is -0.0654 e. The summed E-state index contributed by atoms with van der Waals surface area (Å²) in [7, 11) is 0. The summed E-state index contributed by atoms with van der Waals surface area (Å²) in [6.07, 6.45) is 7.52. The van der Waals surface area contributed by atoms with E-state index in [-0.39, 0.29) is 0 Å². The van der Waals surface area contributed by atoms with Crippen LogP contribution in [0, 0.1) is 17.8 Å². The molecule has 52 valence electrons. The van der Waals surface area contributed by atoms with Crippen LogP contribution in [0.5, 0.6) is 0 Å². The summed E-state index contributed by atoms with van der Waals surface area (Å²) in [5.74, 6) is 3.69. The molecule has 0 nitrogen and oxygen atoms in total. The highest BCUT2D eigenvalue weighted by Gasteiger charge is 2.62. The van der Waals surface area contributed by atoms with E-state index in [0.717, 1.165) is 0 Å². The molecule has 0 spiro atoms. The molecule has 2 unspecified atom stereocenters. The van der Waals surface area contributed by atoms with E-state index in [4.69, 9.17) is 0 Å². The highest BCUT2D eigenvalue weighted by molar-refractivity contribution is 5.11. The van der Waals surface area contributed by atoms with E-state index < -0.39 is 0 Å². The molecule has 0 aromatic rings. The van der Waals surface area contributed by atoms with Crippen molar-refractivity contribution in [3.63, 3.8) is 0 Å². The molecule has 2 fully saturated rings. The molecule has 0 aromatic heterocycles. The SMILES string of the molecule is CCCCCC1C2CC12. The molecular weight excluding hydrogens is 108 g/mol. The summed E-state index contributed by atoms with van der Waals surface area (Å²) < 4.78 is 0. The molecule has 2 atom stereocenters. The van der Waals surface area contributed by atoms with E-state index >= 15 is 0 Å². The van der Waals surface area contributed by atoms with Gasteiger partial charge in [0, 0.05) is 0 Å². The first-order chi connectivity index (χ1) is 4.43. The quantitative estimate of drug-likeness (QED) is 0.505. The number of hydrogen-bond acceptors (Lipinski definition) is 0. The van der Waals surface area contributed by atoms with Crippen LogP contribution >= 0.6 is 0 Å².